The van der Waals surface area contributed by atoms with Crippen molar-refractivity contribution in [2.24, 2.45) is 0 Å². The summed E-state index contributed by atoms with van der Waals surface area (Å²) >= 11 is 0. The van der Waals surface area contributed by atoms with Crippen LogP contribution in [0.2, 0.25) is 0 Å². The fourth-order valence-electron chi connectivity index (χ4n) is 1.58. The highest BCUT2D eigenvalue weighted by molar-refractivity contribution is 5.40. The van der Waals surface area contributed by atoms with Crippen molar-refractivity contribution in [1.29, 1.82) is 0 Å². The number of pyridine rings is 1. The molecule has 2 nitrogen and oxygen atoms in total. The van der Waals surface area contributed by atoms with Crippen LogP contribution in [0.25, 0.3) is 0 Å². The average molecular weight is 252 g/mol. The predicted octanol–water partition coefficient (Wildman–Crippen LogP) is 3.61. The van der Waals surface area contributed by atoms with Gasteiger partial charge in [0.05, 0.1) is 6.54 Å². The van der Waals surface area contributed by atoms with Gasteiger partial charge in [-0.05, 0) is 17.7 Å². The molecule has 0 saturated heterocycles. The van der Waals surface area contributed by atoms with E-state index in [0.717, 1.165) is 0 Å². The molecule has 0 fully saturated rings. The van der Waals surface area contributed by atoms with Crippen LogP contribution in [-0.2, 0) is 6.54 Å². The molecule has 0 saturated carbocycles. The van der Waals surface area contributed by atoms with Gasteiger partial charge < -0.3 is 0 Å². The lowest BCUT2D eigenvalue weighted by Gasteiger charge is -2.25. The van der Waals surface area contributed by atoms with E-state index in [-0.39, 0.29) is 12.4 Å². The molecular formula is C13H11F3N2. The van der Waals surface area contributed by atoms with Crippen LogP contribution in [0.4, 0.5) is 19.0 Å². The zero-order valence-electron chi connectivity index (χ0n) is 9.43. The van der Waals surface area contributed by atoms with Gasteiger partial charge in [-0.2, -0.15) is 13.2 Å². The third-order valence-electron chi connectivity index (χ3n) is 2.42. The lowest BCUT2D eigenvalue weighted by molar-refractivity contribution is -0.131. The van der Waals surface area contributed by atoms with E-state index in [1.807, 2.05) is 0 Å². The summed E-state index contributed by atoms with van der Waals surface area (Å²) in [6.07, 6.45) is -3.11. The van der Waals surface area contributed by atoms with Crippen LogP contribution >= 0.6 is 0 Å². The molecule has 0 aliphatic carbocycles. The highest BCUT2D eigenvalue weighted by Gasteiger charge is 2.38. The van der Waals surface area contributed by atoms with Crippen LogP contribution in [0.5, 0.6) is 0 Å². The Labute approximate surface area is 103 Å². The number of aromatic nitrogens is 1. The molecule has 0 spiro atoms. The Bertz CT molecular complexity index is 483. The van der Waals surface area contributed by atoms with Crippen molar-refractivity contribution in [3.8, 4) is 0 Å². The van der Waals surface area contributed by atoms with Crippen molar-refractivity contribution in [3.63, 3.8) is 0 Å². The van der Waals surface area contributed by atoms with Crippen LogP contribution < -0.4 is 4.90 Å². The van der Waals surface area contributed by atoms with Gasteiger partial charge in [-0.15, -0.1) is 0 Å². The molecule has 1 aromatic heterocycles. The number of hydrogen-bond donors (Lipinski definition) is 0. The summed E-state index contributed by atoms with van der Waals surface area (Å²) in [5.74, 6) is -0.103. The fourth-order valence-corrected chi connectivity index (χ4v) is 1.58. The summed E-state index contributed by atoms with van der Waals surface area (Å²) in [5.41, 5.74) is 0.584. The second-order valence-corrected chi connectivity index (χ2v) is 3.73. The zero-order chi connectivity index (χ0) is 13.0. The average Bonchev–Trinajstić information content (AvgIpc) is 2.37. The van der Waals surface area contributed by atoms with Gasteiger partial charge in [0.15, 0.2) is 0 Å². The third kappa shape index (κ3) is 3.00. The molecule has 18 heavy (non-hydrogen) atoms. The molecule has 0 atom stereocenters. The predicted molar refractivity (Wildman–Crippen MR) is 62.9 cm³/mol. The highest BCUT2D eigenvalue weighted by Crippen LogP contribution is 2.28. The molecule has 94 valence electrons. The van der Waals surface area contributed by atoms with E-state index in [2.05, 4.69) is 4.98 Å². The Morgan fingerprint density at radius 1 is 0.944 bits per heavy atom. The Kier molecular flexibility index (Phi) is 3.50. The molecular weight excluding hydrogens is 241 g/mol. The number of rotatable bonds is 3. The molecule has 2 aromatic rings. The Hall–Kier alpha value is -2.04. The summed E-state index contributed by atoms with van der Waals surface area (Å²) in [6.45, 7) is -0.249. The first-order valence-corrected chi connectivity index (χ1v) is 5.37. The zero-order valence-corrected chi connectivity index (χ0v) is 9.43. The minimum Gasteiger partial charge on any atom is -0.263 e. The van der Waals surface area contributed by atoms with Crippen molar-refractivity contribution in [2.45, 2.75) is 12.8 Å². The lowest BCUT2D eigenvalue weighted by atomic mass is 10.2. The molecule has 0 aliphatic heterocycles. The monoisotopic (exact) mass is 252 g/mol. The standard InChI is InChI=1S/C13H11F3N2/c14-13(15,16)18(12-8-4-5-9-17-12)10-11-6-2-1-3-7-11/h1-9H,10H2. The van der Waals surface area contributed by atoms with Gasteiger partial charge in [-0.25, -0.2) is 4.98 Å². The summed E-state index contributed by atoms with van der Waals surface area (Å²) in [7, 11) is 0. The van der Waals surface area contributed by atoms with Crippen molar-refractivity contribution >= 4 is 5.82 Å². The van der Waals surface area contributed by atoms with Crippen LogP contribution in [-0.4, -0.2) is 11.3 Å². The summed E-state index contributed by atoms with van der Waals surface area (Å²) in [4.78, 5) is 4.07. The quantitative estimate of drug-likeness (QED) is 0.776. The largest absolute Gasteiger partial charge is 0.486 e. The Balaban J connectivity index is 2.28. The fraction of sp³-hybridized carbons (Fsp3) is 0.154. The van der Waals surface area contributed by atoms with Gasteiger partial charge in [-0.1, -0.05) is 36.4 Å². The lowest BCUT2D eigenvalue weighted by Crippen LogP contribution is -2.38. The van der Waals surface area contributed by atoms with E-state index >= 15 is 0 Å². The summed E-state index contributed by atoms with van der Waals surface area (Å²) in [5, 5.41) is 0. The first kappa shape index (κ1) is 12.4. The van der Waals surface area contributed by atoms with E-state index in [1.165, 1.54) is 18.3 Å². The second kappa shape index (κ2) is 5.08. The molecule has 1 aromatic carbocycles. The maximum absolute atomic E-state index is 13.0. The molecule has 5 heteroatoms. The molecule has 0 aliphatic rings. The number of hydrogen-bond acceptors (Lipinski definition) is 2. The second-order valence-electron chi connectivity index (χ2n) is 3.73. The summed E-state index contributed by atoms with van der Waals surface area (Å²) < 4.78 is 38.9. The van der Waals surface area contributed by atoms with Gasteiger partial charge in [-0.3, -0.25) is 4.90 Å². The smallest absolute Gasteiger partial charge is 0.263 e. The molecule has 0 amide bonds. The number of anilines is 1. The van der Waals surface area contributed by atoms with E-state index < -0.39 is 6.30 Å². The van der Waals surface area contributed by atoms with Crippen LogP contribution in [0.1, 0.15) is 5.56 Å². The highest BCUT2D eigenvalue weighted by atomic mass is 19.4. The maximum atomic E-state index is 13.0. The number of nitrogens with zero attached hydrogens (tertiary/aromatic N) is 2. The number of alkyl halides is 3. The van der Waals surface area contributed by atoms with E-state index in [4.69, 9.17) is 0 Å². The molecule has 0 unspecified atom stereocenters. The van der Waals surface area contributed by atoms with E-state index in [1.54, 1.807) is 36.4 Å². The van der Waals surface area contributed by atoms with Gasteiger partial charge >= 0.3 is 6.30 Å². The Morgan fingerprint density at radius 2 is 1.61 bits per heavy atom. The van der Waals surface area contributed by atoms with Crippen LogP contribution in [0.15, 0.2) is 54.7 Å². The van der Waals surface area contributed by atoms with Crippen LogP contribution in [0.3, 0.4) is 0 Å². The van der Waals surface area contributed by atoms with Crippen molar-refractivity contribution < 1.29 is 13.2 Å². The molecule has 0 radical (unpaired) electrons. The first-order chi connectivity index (χ1) is 8.57. The van der Waals surface area contributed by atoms with E-state index in [9.17, 15) is 13.2 Å². The van der Waals surface area contributed by atoms with Crippen molar-refractivity contribution in [1.82, 2.24) is 4.98 Å². The van der Waals surface area contributed by atoms with E-state index in [0.29, 0.717) is 10.5 Å². The normalized spacial score (nSPS) is 11.3. The van der Waals surface area contributed by atoms with Crippen molar-refractivity contribution in [2.75, 3.05) is 4.90 Å². The molecule has 2 rings (SSSR count). The van der Waals surface area contributed by atoms with Crippen molar-refractivity contribution in [3.05, 3.63) is 60.3 Å². The van der Waals surface area contributed by atoms with Gasteiger partial charge in [0, 0.05) is 6.20 Å². The Morgan fingerprint density at radius 3 is 2.17 bits per heavy atom. The van der Waals surface area contributed by atoms with Crippen LogP contribution in [0, 0.1) is 0 Å². The number of halogens is 3. The first-order valence-electron chi connectivity index (χ1n) is 5.37. The number of benzene rings is 1. The van der Waals surface area contributed by atoms with Gasteiger partial charge in [0.2, 0.25) is 0 Å². The van der Waals surface area contributed by atoms with Gasteiger partial charge in [0.25, 0.3) is 0 Å². The third-order valence-corrected chi connectivity index (χ3v) is 2.42. The van der Waals surface area contributed by atoms with Gasteiger partial charge in [0.1, 0.15) is 5.82 Å². The molecule has 0 N–H and O–H groups in total. The SMILES string of the molecule is FC(F)(F)N(Cc1ccccc1)c1ccccn1. The molecule has 0 bridgehead atoms. The summed E-state index contributed by atoms with van der Waals surface area (Å²) in [6, 6.07) is 13.0. The minimum absolute atomic E-state index is 0.103. The topological polar surface area (TPSA) is 16.1 Å². The minimum atomic E-state index is -4.45. The maximum Gasteiger partial charge on any atom is 0.486 e. The molecule has 1 heterocycles.